The normalized spacial score (nSPS) is 11.5. The molecule has 2 rings (SSSR count). The molecule has 0 heterocycles. The van der Waals surface area contributed by atoms with Crippen molar-refractivity contribution >= 4 is 24.2 Å². The molecule has 2 amide bonds. The van der Waals surface area contributed by atoms with E-state index in [4.69, 9.17) is 0 Å². The van der Waals surface area contributed by atoms with Gasteiger partial charge in [-0.15, -0.1) is 0 Å². The monoisotopic (exact) mass is 378 g/mol. The fraction of sp³-hybridized carbons (Fsp3) is 0.273. The van der Waals surface area contributed by atoms with Crippen LogP contribution >= 0.6 is 0 Å². The summed E-state index contributed by atoms with van der Waals surface area (Å²) in [6, 6.07) is 15.6. The number of rotatable bonds is 6. The van der Waals surface area contributed by atoms with Gasteiger partial charge in [0.1, 0.15) is 0 Å². The van der Waals surface area contributed by atoms with Crippen LogP contribution in [0.4, 0.5) is 0 Å². The van der Waals surface area contributed by atoms with E-state index in [1.54, 1.807) is 0 Å². The number of hydrazone groups is 2. The van der Waals surface area contributed by atoms with Crippen molar-refractivity contribution < 1.29 is 9.59 Å². The molecule has 2 aromatic carbocycles. The van der Waals surface area contributed by atoms with E-state index in [1.165, 1.54) is 23.6 Å². The van der Waals surface area contributed by atoms with Crippen LogP contribution < -0.4 is 10.9 Å². The number of benzene rings is 2. The van der Waals surface area contributed by atoms with Crippen molar-refractivity contribution in [3.05, 3.63) is 70.8 Å². The van der Waals surface area contributed by atoms with E-state index in [9.17, 15) is 9.59 Å². The highest BCUT2D eigenvalue weighted by Gasteiger charge is 2.11. The van der Waals surface area contributed by atoms with Gasteiger partial charge in [0.2, 0.25) is 0 Å². The maximum atomic E-state index is 11.7. The lowest BCUT2D eigenvalue weighted by Gasteiger charge is -2.04. The van der Waals surface area contributed by atoms with Crippen LogP contribution in [0.15, 0.2) is 58.7 Å². The van der Waals surface area contributed by atoms with Crippen LogP contribution in [-0.2, 0) is 9.59 Å². The molecule has 0 spiro atoms. The highest BCUT2D eigenvalue weighted by molar-refractivity contribution is 6.35. The smallest absolute Gasteiger partial charge is 0.262 e. The van der Waals surface area contributed by atoms with Gasteiger partial charge in [-0.1, -0.05) is 76.2 Å². The van der Waals surface area contributed by atoms with Crippen molar-refractivity contribution in [2.75, 3.05) is 0 Å². The predicted molar refractivity (Wildman–Crippen MR) is 113 cm³/mol. The number of hydrogen-bond acceptors (Lipinski definition) is 4. The molecule has 6 nitrogen and oxygen atoms in total. The highest BCUT2D eigenvalue weighted by atomic mass is 16.2. The standard InChI is InChI=1S/C22H26N4O2/c1-15(2)19-9-5-17(6-10-19)13-23-25-21(27)22(28)26-24-14-18-7-11-20(12-8-18)16(3)4/h5-16H,1-4H3,(H,25,27)(H,26,28)/b23-13+,24-14+. The number of nitrogens with one attached hydrogen (secondary N) is 2. The average molecular weight is 378 g/mol. The minimum absolute atomic E-state index is 0.447. The second-order valence-electron chi connectivity index (χ2n) is 7.04. The van der Waals surface area contributed by atoms with Gasteiger partial charge in [0, 0.05) is 0 Å². The van der Waals surface area contributed by atoms with Crippen molar-refractivity contribution in [2.24, 2.45) is 10.2 Å². The zero-order chi connectivity index (χ0) is 20.5. The van der Waals surface area contributed by atoms with Gasteiger partial charge in [0.05, 0.1) is 12.4 Å². The first-order valence-electron chi connectivity index (χ1n) is 9.23. The zero-order valence-corrected chi connectivity index (χ0v) is 16.6. The molecule has 2 N–H and O–H groups in total. The Labute approximate surface area is 165 Å². The van der Waals surface area contributed by atoms with E-state index in [-0.39, 0.29) is 0 Å². The molecular formula is C22H26N4O2. The summed E-state index contributed by atoms with van der Waals surface area (Å²) in [6.45, 7) is 8.46. The molecule has 0 saturated carbocycles. The lowest BCUT2D eigenvalue weighted by Crippen LogP contribution is -2.35. The maximum absolute atomic E-state index is 11.7. The van der Waals surface area contributed by atoms with E-state index in [2.05, 4.69) is 48.7 Å². The first kappa shape index (κ1) is 21.0. The molecule has 0 aliphatic rings. The molecular weight excluding hydrogens is 352 g/mol. The van der Waals surface area contributed by atoms with E-state index in [0.29, 0.717) is 11.8 Å². The molecule has 0 aromatic heterocycles. The first-order chi connectivity index (χ1) is 13.4. The first-order valence-corrected chi connectivity index (χ1v) is 9.23. The maximum Gasteiger partial charge on any atom is 0.331 e. The summed E-state index contributed by atoms with van der Waals surface area (Å²) >= 11 is 0. The summed E-state index contributed by atoms with van der Waals surface area (Å²) in [7, 11) is 0. The molecule has 6 heteroatoms. The molecule has 0 aliphatic heterocycles. The second kappa shape index (κ2) is 10.2. The lowest BCUT2D eigenvalue weighted by atomic mass is 10.0. The molecule has 0 bridgehead atoms. The van der Waals surface area contributed by atoms with Crippen molar-refractivity contribution in [3.8, 4) is 0 Å². The zero-order valence-electron chi connectivity index (χ0n) is 16.6. The fourth-order valence-electron chi connectivity index (χ4n) is 2.37. The van der Waals surface area contributed by atoms with Crippen molar-refractivity contribution in [1.29, 1.82) is 0 Å². The summed E-state index contributed by atoms with van der Waals surface area (Å²) in [6.07, 6.45) is 2.96. The highest BCUT2D eigenvalue weighted by Crippen LogP contribution is 2.14. The molecule has 0 saturated heterocycles. The number of hydrogen-bond donors (Lipinski definition) is 2. The Hall–Kier alpha value is -3.28. The Morgan fingerprint density at radius 3 is 1.29 bits per heavy atom. The topological polar surface area (TPSA) is 82.9 Å². The summed E-state index contributed by atoms with van der Waals surface area (Å²) in [5.41, 5.74) is 8.46. The predicted octanol–water partition coefficient (Wildman–Crippen LogP) is 3.53. The lowest BCUT2D eigenvalue weighted by molar-refractivity contribution is -0.139. The molecule has 2 aromatic rings. The average Bonchev–Trinajstić information content (AvgIpc) is 2.68. The van der Waals surface area contributed by atoms with Crippen LogP contribution in [0.3, 0.4) is 0 Å². The van der Waals surface area contributed by atoms with Crippen molar-refractivity contribution in [1.82, 2.24) is 10.9 Å². The van der Waals surface area contributed by atoms with E-state index >= 15 is 0 Å². The van der Waals surface area contributed by atoms with Crippen LogP contribution in [0, 0.1) is 0 Å². The van der Waals surface area contributed by atoms with Gasteiger partial charge in [-0.2, -0.15) is 10.2 Å². The number of amides is 2. The number of carbonyl (C=O) groups is 2. The number of carbonyl (C=O) groups excluding carboxylic acids is 2. The Kier molecular flexibility index (Phi) is 7.63. The van der Waals surface area contributed by atoms with Gasteiger partial charge < -0.3 is 0 Å². The Balaban J connectivity index is 1.81. The third kappa shape index (κ3) is 6.46. The summed E-state index contributed by atoms with van der Waals surface area (Å²) in [5.74, 6) is -0.879. The van der Waals surface area contributed by atoms with Crippen LogP contribution in [0.1, 0.15) is 61.8 Å². The van der Waals surface area contributed by atoms with Crippen molar-refractivity contribution in [3.63, 3.8) is 0 Å². The Morgan fingerprint density at radius 1 is 0.679 bits per heavy atom. The second-order valence-corrected chi connectivity index (χ2v) is 7.04. The van der Waals surface area contributed by atoms with Crippen LogP contribution in [-0.4, -0.2) is 24.2 Å². The van der Waals surface area contributed by atoms with Gasteiger partial charge in [0.25, 0.3) is 0 Å². The van der Waals surface area contributed by atoms with Crippen molar-refractivity contribution in [2.45, 2.75) is 39.5 Å². The van der Waals surface area contributed by atoms with Gasteiger partial charge in [-0.05, 0) is 34.1 Å². The Bertz CT molecular complexity index is 778. The molecule has 0 atom stereocenters. The van der Waals surface area contributed by atoms with E-state index < -0.39 is 11.8 Å². The SMILES string of the molecule is CC(C)c1ccc(/C=N/NC(=O)C(=O)N/N=C/c2ccc(C(C)C)cc2)cc1. The molecule has 28 heavy (non-hydrogen) atoms. The number of nitrogens with zero attached hydrogens (tertiary/aromatic N) is 2. The molecule has 0 aliphatic carbocycles. The van der Waals surface area contributed by atoms with Gasteiger partial charge >= 0.3 is 11.8 Å². The third-order valence-corrected chi connectivity index (χ3v) is 4.17. The third-order valence-electron chi connectivity index (χ3n) is 4.17. The summed E-state index contributed by atoms with van der Waals surface area (Å²) < 4.78 is 0. The minimum Gasteiger partial charge on any atom is -0.262 e. The summed E-state index contributed by atoms with van der Waals surface area (Å²) in [5, 5.41) is 7.58. The molecule has 146 valence electrons. The van der Waals surface area contributed by atoms with Crippen LogP contribution in [0.25, 0.3) is 0 Å². The van der Waals surface area contributed by atoms with Gasteiger partial charge in [-0.3, -0.25) is 9.59 Å². The quantitative estimate of drug-likeness (QED) is 0.458. The minimum atomic E-state index is -0.887. The summed E-state index contributed by atoms with van der Waals surface area (Å²) in [4.78, 5) is 23.5. The molecule has 0 unspecified atom stereocenters. The van der Waals surface area contributed by atoms with Crippen LogP contribution in [0.2, 0.25) is 0 Å². The van der Waals surface area contributed by atoms with Crippen LogP contribution in [0.5, 0.6) is 0 Å². The molecule has 0 fully saturated rings. The fourth-order valence-corrected chi connectivity index (χ4v) is 2.37. The van der Waals surface area contributed by atoms with E-state index in [0.717, 1.165) is 11.1 Å². The van der Waals surface area contributed by atoms with Gasteiger partial charge in [-0.25, -0.2) is 10.9 Å². The largest absolute Gasteiger partial charge is 0.331 e. The molecule has 0 radical (unpaired) electrons. The van der Waals surface area contributed by atoms with Gasteiger partial charge in [0.15, 0.2) is 0 Å². The van der Waals surface area contributed by atoms with E-state index in [1.807, 2.05) is 48.5 Å². The Morgan fingerprint density at radius 2 is 1.00 bits per heavy atom.